The molecule has 6 nitrogen and oxygen atoms in total. The molecule has 0 radical (unpaired) electrons. The fourth-order valence-electron chi connectivity index (χ4n) is 1.86. The van der Waals surface area contributed by atoms with Crippen LogP contribution in [-0.4, -0.2) is 36.1 Å². The Morgan fingerprint density at radius 1 is 1.29 bits per heavy atom. The van der Waals surface area contributed by atoms with Crippen LogP contribution in [0.15, 0.2) is 42.7 Å². The van der Waals surface area contributed by atoms with Gasteiger partial charge in [0.1, 0.15) is 9.84 Å². The maximum atomic E-state index is 11.7. The SMILES string of the molecule is CS(=O)(=O)CCC(=O)NCc1ccccc1-n1cccn1. The number of carbonyl (C=O) groups is 1. The second kappa shape index (κ2) is 6.53. The summed E-state index contributed by atoms with van der Waals surface area (Å²) in [5, 5.41) is 6.90. The van der Waals surface area contributed by atoms with Crippen LogP contribution in [0.4, 0.5) is 0 Å². The van der Waals surface area contributed by atoms with Gasteiger partial charge in [-0.25, -0.2) is 13.1 Å². The van der Waals surface area contributed by atoms with Gasteiger partial charge in [0.05, 0.1) is 11.4 Å². The van der Waals surface area contributed by atoms with Crippen molar-refractivity contribution in [1.82, 2.24) is 15.1 Å². The molecule has 2 rings (SSSR count). The van der Waals surface area contributed by atoms with Crippen LogP contribution in [0.25, 0.3) is 5.69 Å². The van der Waals surface area contributed by atoms with Gasteiger partial charge < -0.3 is 5.32 Å². The minimum Gasteiger partial charge on any atom is -0.352 e. The van der Waals surface area contributed by atoms with Crippen molar-refractivity contribution < 1.29 is 13.2 Å². The number of amides is 1. The number of rotatable bonds is 6. The molecule has 0 atom stereocenters. The smallest absolute Gasteiger partial charge is 0.221 e. The van der Waals surface area contributed by atoms with Crippen molar-refractivity contribution in [3.63, 3.8) is 0 Å². The van der Waals surface area contributed by atoms with Gasteiger partial charge in [-0.05, 0) is 17.7 Å². The maximum Gasteiger partial charge on any atom is 0.221 e. The number of para-hydroxylation sites is 1. The monoisotopic (exact) mass is 307 g/mol. The van der Waals surface area contributed by atoms with Crippen molar-refractivity contribution in [1.29, 1.82) is 0 Å². The number of aromatic nitrogens is 2. The van der Waals surface area contributed by atoms with Gasteiger partial charge in [0.2, 0.25) is 5.91 Å². The highest BCUT2D eigenvalue weighted by molar-refractivity contribution is 7.90. The van der Waals surface area contributed by atoms with Gasteiger partial charge in [-0.1, -0.05) is 18.2 Å². The molecule has 112 valence electrons. The summed E-state index contributed by atoms with van der Waals surface area (Å²) in [6.45, 7) is 0.332. The van der Waals surface area contributed by atoms with Crippen LogP contribution in [-0.2, 0) is 21.2 Å². The second-order valence-corrected chi connectivity index (χ2v) is 7.00. The molecule has 0 saturated heterocycles. The normalized spacial score (nSPS) is 11.3. The molecule has 0 bridgehead atoms. The lowest BCUT2D eigenvalue weighted by Gasteiger charge is -2.10. The predicted molar refractivity (Wildman–Crippen MR) is 79.7 cm³/mol. The number of hydrogen-bond acceptors (Lipinski definition) is 4. The topological polar surface area (TPSA) is 81.1 Å². The first-order chi connectivity index (χ1) is 9.96. The van der Waals surface area contributed by atoms with Crippen molar-refractivity contribution >= 4 is 15.7 Å². The van der Waals surface area contributed by atoms with Gasteiger partial charge >= 0.3 is 0 Å². The Bertz CT molecular complexity index is 709. The molecule has 1 aromatic heterocycles. The lowest BCUT2D eigenvalue weighted by molar-refractivity contribution is -0.120. The van der Waals surface area contributed by atoms with Crippen molar-refractivity contribution in [2.45, 2.75) is 13.0 Å². The van der Waals surface area contributed by atoms with E-state index in [1.807, 2.05) is 36.5 Å². The largest absolute Gasteiger partial charge is 0.352 e. The lowest BCUT2D eigenvalue weighted by Crippen LogP contribution is -2.25. The first kappa shape index (κ1) is 15.2. The van der Waals surface area contributed by atoms with Gasteiger partial charge in [0.25, 0.3) is 0 Å². The molecule has 1 N–H and O–H groups in total. The van der Waals surface area contributed by atoms with Crippen LogP contribution in [0, 0.1) is 0 Å². The summed E-state index contributed by atoms with van der Waals surface area (Å²) < 4.78 is 23.8. The number of hydrogen-bond donors (Lipinski definition) is 1. The molecule has 0 saturated carbocycles. The zero-order valence-electron chi connectivity index (χ0n) is 11.7. The molecule has 0 unspecified atom stereocenters. The third-order valence-corrected chi connectivity index (χ3v) is 3.86. The molecule has 7 heteroatoms. The van der Waals surface area contributed by atoms with Gasteiger partial charge in [-0.3, -0.25) is 4.79 Å². The summed E-state index contributed by atoms with van der Waals surface area (Å²) in [5.41, 5.74) is 1.79. The van der Waals surface area contributed by atoms with Crippen LogP contribution < -0.4 is 5.32 Å². The van der Waals surface area contributed by atoms with E-state index in [0.29, 0.717) is 6.54 Å². The molecular formula is C14H17N3O3S. The molecule has 21 heavy (non-hydrogen) atoms. The van der Waals surface area contributed by atoms with Crippen molar-refractivity contribution in [3.8, 4) is 5.69 Å². The van der Waals surface area contributed by atoms with E-state index < -0.39 is 9.84 Å². The maximum absolute atomic E-state index is 11.7. The minimum atomic E-state index is -3.12. The Hall–Kier alpha value is -2.15. The lowest BCUT2D eigenvalue weighted by atomic mass is 10.1. The average molecular weight is 307 g/mol. The number of sulfone groups is 1. The fourth-order valence-corrected chi connectivity index (χ4v) is 2.41. The number of benzene rings is 1. The second-order valence-electron chi connectivity index (χ2n) is 4.74. The third kappa shape index (κ3) is 4.71. The van der Waals surface area contributed by atoms with E-state index in [4.69, 9.17) is 0 Å². The Balaban J connectivity index is 1.99. The summed E-state index contributed by atoms with van der Waals surface area (Å²) in [4.78, 5) is 11.7. The van der Waals surface area contributed by atoms with Crippen LogP contribution in [0.5, 0.6) is 0 Å². The average Bonchev–Trinajstić information content (AvgIpc) is 2.96. The van der Waals surface area contributed by atoms with Gasteiger partial charge in [0.15, 0.2) is 0 Å². The van der Waals surface area contributed by atoms with E-state index in [9.17, 15) is 13.2 Å². The van der Waals surface area contributed by atoms with Gasteiger partial charge in [-0.2, -0.15) is 5.10 Å². The van der Waals surface area contributed by atoms with Crippen LogP contribution in [0.2, 0.25) is 0 Å². The highest BCUT2D eigenvalue weighted by atomic mass is 32.2. The quantitative estimate of drug-likeness (QED) is 0.860. The summed E-state index contributed by atoms with van der Waals surface area (Å²) in [6.07, 6.45) is 4.60. The van der Waals surface area contributed by atoms with E-state index in [1.165, 1.54) is 0 Å². The summed E-state index contributed by atoms with van der Waals surface area (Å²) in [6, 6.07) is 9.40. The molecule has 0 spiro atoms. The van der Waals surface area contributed by atoms with E-state index in [0.717, 1.165) is 17.5 Å². The molecule has 1 amide bonds. The Morgan fingerprint density at radius 3 is 2.71 bits per heavy atom. The molecule has 1 heterocycles. The van der Waals surface area contributed by atoms with E-state index >= 15 is 0 Å². The summed E-state index contributed by atoms with van der Waals surface area (Å²) in [7, 11) is -3.12. The summed E-state index contributed by atoms with van der Waals surface area (Å²) in [5.74, 6) is -0.421. The molecular weight excluding hydrogens is 290 g/mol. The zero-order chi connectivity index (χ0) is 15.3. The first-order valence-corrected chi connectivity index (χ1v) is 8.54. The number of nitrogens with one attached hydrogen (secondary N) is 1. The minimum absolute atomic E-state index is 0.0250. The van der Waals surface area contributed by atoms with Crippen molar-refractivity contribution in [2.75, 3.05) is 12.0 Å². The summed E-state index contributed by atoms with van der Waals surface area (Å²) >= 11 is 0. The molecule has 0 aliphatic heterocycles. The van der Waals surface area contributed by atoms with Crippen LogP contribution in [0.3, 0.4) is 0 Å². The standard InChI is InChI=1S/C14H17N3O3S/c1-21(19,20)10-7-14(18)15-11-12-5-2-3-6-13(12)17-9-4-8-16-17/h2-6,8-9H,7,10-11H2,1H3,(H,15,18). The predicted octanol–water partition coefficient (Wildman–Crippen LogP) is 0.923. The van der Waals surface area contributed by atoms with Crippen LogP contribution in [0.1, 0.15) is 12.0 Å². The Kier molecular flexibility index (Phi) is 4.74. The fraction of sp³-hybridized carbons (Fsp3) is 0.286. The zero-order valence-corrected chi connectivity index (χ0v) is 12.5. The molecule has 0 aliphatic carbocycles. The Labute approximate surface area is 123 Å². The van der Waals surface area contributed by atoms with Gasteiger partial charge in [0, 0.05) is 31.6 Å². The van der Waals surface area contributed by atoms with E-state index in [-0.39, 0.29) is 18.1 Å². The van der Waals surface area contributed by atoms with E-state index in [1.54, 1.807) is 10.9 Å². The molecule has 2 aromatic rings. The highest BCUT2D eigenvalue weighted by Gasteiger charge is 2.09. The van der Waals surface area contributed by atoms with Crippen molar-refractivity contribution in [2.24, 2.45) is 0 Å². The van der Waals surface area contributed by atoms with Crippen LogP contribution >= 0.6 is 0 Å². The molecule has 0 aliphatic rings. The highest BCUT2D eigenvalue weighted by Crippen LogP contribution is 2.13. The molecule has 0 fully saturated rings. The third-order valence-electron chi connectivity index (χ3n) is 2.92. The number of nitrogens with zero attached hydrogens (tertiary/aromatic N) is 2. The number of carbonyl (C=O) groups excluding carboxylic acids is 1. The van der Waals surface area contributed by atoms with Crippen molar-refractivity contribution in [3.05, 3.63) is 48.3 Å². The molecule has 1 aromatic carbocycles. The first-order valence-electron chi connectivity index (χ1n) is 6.48. The Morgan fingerprint density at radius 2 is 2.05 bits per heavy atom. The van der Waals surface area contributed by atoms with Gasteiger partial charge in [-0.15, -0.1) is 0 Å². The van der Waals surface area contributed by atoms with E-state index in [2.05, 4.69) is 10.4 Å².